The van der Waals surface area contributed by atoms with Crippen molar-refractivity contribution in [3.05, 3.63) is 16.3 Å². The molecular formula is C7H13N3O. The van der Waals surface area contributed by atoms with Crippen LogP contribution >= 0.6 is 0 Å². The summed E-state index contributed by atoms with van der Waals surface area (Å²) < 4.78 is 1.31. The minimum Gasteiger partial charge on any atom is -0.292 e. The van der Waals surface area contributed by atoms with Gasteiger partial charge in [-0.3, -0.25) is 4.98 Å². The first-order valence-corrected chi connectivity index (χ1v) is 3.55. The number of aromatic amines is 1. The van der Waals surface area contributed by atoms with E-state index < -0.39 is 0 Å². The van der Waals surface area contributed by atoms with Gasteiger partial charge < -0.3 is 0 Å². The Labute approximate surface area is 65.2 Å². The predicted molar refractivity (Wildman–Crippen MR) is 42.5 cm³/mol. The second-order valence-corrected chi connectivity index (χ2v) is 3.65. The summed E-state index contributed by atoms with van der Waals surface area (Å²) in [7, 11) is 1.63. The van der Waals surface area contributed by atoms with Crippen molar-refractivity contribution in [1.29, 1.82) is 0 Å². The van der Waals surface area contributed by atoms with Gasteiger partial charge in [0, 0.05) is 12.5 Å². The summed E-state index contributed by atoms with van der Waals surface area (Å²) in [6.45, 7) is 6.02. The molecule has 0 atom stereocenters. The van der Waals surface area contributed by atoms with E-state index in [1.165, 1.54) is 4.68 Å². The molecular weight excluding hydrogens is 142 g/mol. The fraction of sp³-hybridized carbons (Fsp3) is 0.714. The first kappa shape index (κ1) is 8.04. The van der Waals surface area contributed by atoms with Gasteiger partial charge in [0.2, 0.25) is 0 Å². The smallest absolute Gasteiger partial charge is 0.292 e. The van der Waals surface area contributed by atoms with E-state index in [2.05, 4.69) is 10.1 Å². The molecule has 4 heteroatoms. The highest BCUT2D eigenvalue weighted by atomic mass is 16.1. The third kappa shape index (κ3) is 1.50. The molecule has 1 aromatic rings. The van der Waals surface area contributed by atoms with Gasteiger partial charge in [0.25, 0.3) is 0 Å². The van der Waals surface area contributed by atoms with Crippen molar-refractivity contribution in [2.75, 3.05) is 0 Å². The Balaban J connectivity index is 3.18. The first-order chi connectivity index (χ1) is 4.91. The zero-order chi connectivity index (χ0) is 8.65. The lowest BCUT2D eigenvalue weighted by molar-refractivity contribution is 0.538. The van der Waals surface area contributed by atoms with E-state index in [9.17, 15) is 4.79 Å². The van der Waals surface area contributed by atoms with E-state index in [-0.39, 0.29) is 11.1 Å². The standard InChI is InChI=1S/C7H13N3O/c1-7(2,3)5-8-6(11)10(4)9-5/h1-4H3,(H,8,9,11). The third-order valence-corrected chi connectivity index (χ3v) is 1.48. The average molecular weight is 155 g/mol. The highest BCUT2D eigenvalue weighted by Crippen LogP contribution is 2.15. The Kier molecular flexibility index (Phi) is 1.62. The number of aryl methyl sites for hydroxylation is 1. The summed E-state index contributed by atoms with van der Waals surface area (Å²) in [6, 6.07) is 0. The Morgan fingerprint density at radius 1 is 1.45 bits per heavy atom. The second-order valence-electron chi connectivity index (χ2n) is 3.65. The molecule has 11 heavy (non-hydrogen) atoms. The van der Waals surface area contributed by atoms with Gasteiger partial charge in [-0.15, -0.1) is 0 Å². The van der Waals surface area contributed by atoms with Crippen molar-refractivity contribution in [3.63, 3.8) is 0 Å². The van der Waals surface area contributed by atoms with E-state index >= 15 is 0 Å². The van der Waals surface area contributed by atoms with Crippen molar-refractivity contribution >= 4 is 0 Å². The molecule has 0 fully saturated rings. The average Bonchev–Trinajstić information content (AvgIpc) is 2.11. The van der Waals surface area contributed by atoms with Crippen LogP contribution in [0.1, 0.15) is 26.6 Å². The normalized spacial score (nSPS) is 12.0. The Hall–Kier alpha value is -1.06. The second kappa shape index (κ2) is 2.22. The molecule has 1 rings (SSSR count). The summed E-state index contributed by atoms with van der Waals surface area (Å²) >= 11 is 0. The van der Waals surface area contributed by atoms with E-state index in [1.807, 2.05) is 20.8 Å². The highest BCUT2D eigenvalue weighted by molar-refractivity contribution is 4.98. The van der Waals surface area contributed by atoms with Crippen LogP contribution in [-0.2, 0) is 12.5 Å². The zero-order valence-electron chi connectivity index (χ0n) is 7.30. The van der Waals surface area contributed by atoms with Crippen molar-refractivity contribution < 1.29 is 0 Å². The first-order valence-electron chi connectivity index (χ1n) is 3.55. The Bertz CT molecular complexity index is 302. The topological polar surface area (TPSA) is 50.7 Å². The minimum atomic E-state index is -0.157. The Morgan fingerprint density at radius 2 is 2.00 bits per heavy atom. The molecule has 0 saturated heterocycles. The van der Waals surface area contributed by atoms with Crippen molar-refractivity contribution in [2.45, 2.75) is 26.2 Å². The molecule has 0 saturated carbocycles. The number of H-pyrrole nitrogens is 1. The monoisotopic (exact) mass is 155 g/mol. The van der Waals surface area contributed by atoms with Gasteiger partial charge in [-0.25, -0.2) is 9.48 Å². The van der Waals surface area contributed by atoms with Gasteiger partial charge in [-0.05, 0) is 0 Å². The molecule has 0 aliphatic carbocycles. The fourth-order valence-electron chi connectivity index (χ4n) is 0.740. The molecule has 1 heterocycles. The van der Waals surface area contributed by atoms with Gasteiger partial charge in [0.1, 0.15) is 5.82 Å². The SMILES string of the molecule is Cn1nc(C(C)(C)C)[nH]c1=O. The molecule has 0 aliphatic heterocycles. The maximum atomic E-state index is 10.9. The van der Waals surface area contributed by atoms with E-state index in [0.717, 1.165) is 5.82 Å². The van der Waals surface area contributed by atoms with Crippen molar-refractivity contribution in [3.8, 4) is 0 Å². The van der Waals surface area contributed by atoms with Crippen LogP contribution in [-0.4, -0.2) is 14.8 Å². The quantitative estimate of drug-likeness (QED) is 0.589. The highest BCUT2D eigenvalue weighted by Gasteiger charge is 2.18. The van der Waals surface area contributed by atoms with E-state index in [1.54, 1.807) is 7.05 Å². The van der Waals surface area contributed by atoms with Gasteiger partial charge >= 0.3 is 5.69 Å². The lowest BCUT2D eigenvalue weighted by Gasteiger charge is -2.12. The fourth-order valence-corrected chi connectivity index (χ4v) is 0.740. The molecule has 1 aromatic heterocycles. The number of nitrogens with one attached hydrogen (secondary N) is 1. The summed E-state index contributed by atoms with van der Waals surface area (Å²) in [5.41, 5.74) is -0.240. The van der Waals surface area contributed by atoms with Crippen LogP contribution in [0.15, 0.2) is 4.79 Å². The molecule has 62 valence electrons. The maximum Gasteiger partial charge on any atom is 0.343 e. The number of aromatic nitrogens is 3. The van der Waals surface area contributed by atoms with Crippen LogP contribution in [0.2, 0.25) is 0 Å². The van der Waals surface area contributed by atoms with E-state index in [4.69, 9.17) is 0 Å². The molecule has 0 unspecified atom stereocenters. The van der Waals surface area contributed by atoms with Crippen molar-refractivity contribution in [1.82, 2.24) is 14.8 Å². The summed E-state index contributed by atoms with van der Waals surface area (Å²) in [4.78, 5) is 13.6. The van der Waals surface area contributed by atoms with Crippen molar-refractivity contribution in [2.24, 2.45) is 7.05 Å². The third-order valence-electron chi connectivity index (χ3n) is 1.48. The molecule has 0 bridgehead atoms. The van der Waals surface area contributed by atoms with Crippen LogP contribution in [0.4, 0.5) is 0 Å². The summed E-state index contributed by atoms with van der Waals surface area (Å²) in [5.74, 6) is 0.727. The largest absolute Gasteiger partial charge is 0.343 e. The van der Waals surface area contributed by atoms with Crippen LogP contribution < -0.4 is 5.69 Å². The zero-order valence-corrected chi connectivity index (χ0v) is 7.30. The van der Waals surface area contributed by atoms with Gasteiger partial charge in [0.15, 0.2) is 0 Å². The van der Waals surface area contributed by atoms with Gasteiger partial charge in [-0.2, -0.15) is 5.10 Å². The van der Waals surface area contributed by atoms with Crippen LogP contribution in [0, 0.1) is 0 Å². The number of nitrogens with zero attached hydrogens (tertiary/aromatic N) is 2. The molecule has 0 amide bonds. The molecule has 0 spiro atoms. The number of hydrogen-bond acceptors (Lipinski definition) is 2. The van der Waals surface area contributed by atoms with Crippen LogP contribution in [0.3, 0.4) is 0 Å². The molecule has 4 nitrogen and oxygen atoms in total. The lowest BCUT2D eigenvalue weighted by atomic mass is 9.96. The lowest BCUT2D eigenvalue weighted by Crippen LogP contribution is -2.14. The minimum absolute atomic E-state index is 0.0829. The van der Waals surface area contributed by atoms with Gasteiger partial charge in [-0.1, -0.05) is 20.8 Å². The predicted octanol–water partition coefficient (Wildman–Crippen LogP) is 0.406. The molecule has 0 aliphatic rings. The molecule has 0 radical (unpaired) electrons. The molecule has 1 N–H and O–H groups in total. The van der Waals surface area contributed by atoms with Crippen LogP contribution in [0.25, 0.3) is 0 Å². The number of rotatable bonds is 0. The maximum absolute atomic E-state index is 10.9. The summed E-state index contributed by atoms with van der Waals surface area (Å²) in [5, 5.41) is 4.03. The van der Waals surface area contributed by atoms with Crippen LogP contribution in [0.5, 0.6) is 0 Å². The molecule has 0 aromatic carbocycles. The number of hydrogen-bond donors (Lipinski definition) is 1. The Morgan fingerprint density at radius 3 is 2.18 bits per heavy atom. The summed E-state index contributed by atoms with van der Waals surface area (Å²) in [6.07, 6.45) is 0. The van der Waals surface area contributed by atoms with E-state index in [0.29, 0.717) is 0 Å². The van der Waals surface area contributed by atoms with Gasteiger partial charge in [0.05, 0.1) is 0 Å².